The van der Waals surface area contributed by atoms with Crippen molar-refractivity contribution < 1.29 is 8.94 Å². The minimum Gasteiger partial charge on any atom is -0.472 e. The van der Waals surface area contributed by atoms with Crippen LogP contribution >= 0.6 is 0 Å². The number of nitrogens with one attached hydrogen (secondary N) is 1. The van der Waals surface area contributed by atoms with Gasteiger partial charge in [-0.2, -0.15) is 4.98 Å². The van der Waals surface area contributed by atoms with Crippen molar-refractivity contribution in [2.75, 3.05) is 20.1 Å². The van der Waals surface area contributed by atoms with E-state index in [1.165, 1.54) is 12.8 Å². The molecule has 1 atom stereocenters. The summed E-state index contributed by atoms with van der Waals surface area (Å²) in [4.78, 5) is 6.74. The molecule has 6 heteroatoms. The number of hydrogen-bond donors (Lipinski definition) is 1. The molecule has 0 bridgehead atoms. The van der Waals surface area contributed by atoms with Crippen LogP contribution in [0.3, 0.4) is 0 Å². The van der Waals surface area contributed by atoms with Crippen LogP contribution in [-0.2, 0) is 6.54 Å². The Morgan fingerprint density at radius 2 is 2.47 bits per heavy atom. The first-order valence-corrected chi connectivity index (χ1v) is 6.60. The average molecular weight is 262 g/mol. The van der Waals surface area contributed by atoms with Crippen LogP contribution in [0.1, 0.15) is 18.7 Å². The quantitative estimate of drug-likeness (QED) is 0.901. The van der Waals surface area contributed by atoms with Crippen molar-refractivity contribution in [1.29, 1.82) is 0 Å². The standard InChI is InChI=1S/C13H18N4O2/c1-14-11-3-2-5-17(7-11)8-12-15-13(16-19-12)10-4-6-18-9-10/h4,6,9,11,14H,2-3,5,7-8H2,1H3. The number of piperidine rings is 1. The largest absolute Gasteiger partial charge is 0.472 e. The zero-order valence-corrected chi connectivity index (χ0v) is 11.0. The molecule has 2 aromatic rings. The third-order valence-electron chi connectivity index (χ3n) is 3.52. The van der Waals surface area contributed by atoms with Crippen molar-refractivity contribution in [3.8, 4) is 11.4 Å². The second kappa shape index (κ2) is 5.54. The maximum Gasteiger partial charge on any atom is 0.241 e. The molecule has 0 spiro atoms. The third kappa shape index (κ3) is 2.85. The topological polar surface area (TPSA) is 67.3 Å². The van der Waals surface area contributed by atoms with E-state index in [1.807, 2.05) is 13.1 Å². The molecule has 1 N–H and O–H groups in total. The van der Waals surface area contributed by atoms with Crippen LogP contribution in [0.4, 0.5) is 0 Å². The Morgan fingerprint density at radius 3 is 3.26 bits per heavy atom. The van der Waals surface area contributed by atoms with Crippen LogP contribution in [0, 0.1) is 0 Å². The van der Waals surface area contributed by atoms with Crippen LogP contribution in [0.15, 0.2) is 27.5 Å². The minimum atomic E-state index is 0.560. The van der Waals surface area contributed by atoms with E-state index in [9.17, 15) is 0 Å². The van der Waals surface area contributed by atoms with Gasteiger partial charge in [-0.25, -0.2) is 0 Å². The predicted molar refractivity (Wildman–Crippen MR) is 69.4 cm³/mol. The first-order chi connectivity index (χ1) is 9.35. The van der Waals surface area contributed by atoms with E-state index < -0.39 is 0 Å². The van der Waals surface area contributed by atoms with Crippen molar-refractivity contribution in [1.82, 2.24) is 20.4 Å². The molecule has 0 aliphatic carbocycles. The fourth-order valence-corrected chi connectivity index (χ4v) is 2.45. The summed E-state index contributed by atoms with van der Waals surface area (Å²) >= 11 is 0. The molecule has 1 aliphatic heterocycles. The summed E-state index contributed by atoms with van der Waals surface area (Å²) in [6.45, 7) is 2.82. The number of aromatic nitrogens is 2. The number of likely N-dealkylation sites (N-methyl/N-ethyl adjacent to an activating group) is 1. The van der Waals surface area contributed by atoms with Gasteiger partial charge in [0.05, 0.1) is 18.4 Å². The van der Waals surface area contributed by atoms with Gasteiger partial charge in [-0.05, 0) is 32.5 Å². The highest BCUT2D eigenvalue weighted by atomic mass is 16.5. The molecule has 6 nitrogen and oxygen atoms in total. The second-order valence-corrected chi connectivity index (χ2v) is 4.89. The zero-order valence-electron chi connectivity index (χ0n) is 11.0. The van der Waals surface area contributed by atoms with E-state index in [0.29, 0.717) is 24.3 Å². The third-order valence-corrected chi connectivity index (χ3v) is 3.52. The summed E-state index contributed by atoms with van der Waals surface area (Å²) in [5.41, 5.74) is 0.849. The van der Waals surface area contributed by atoms with Crippen molar-refractivity contribution in [3.63, 3.8) is 0 Å². The smallest absolute Gasteiger partial charge is 0.241 e. The summed E-state index contributed by atoms with van der Waals surface area (Å²) in [6.07, 6.45) is 5.66. The lowest BCUT2D eigenvalue weighted by atomic mass is 10.1. The van der Waals surface area contributed by atoms with Gasteiger partial charge in [-0.15, -0.1) is 0 Å². The molecule has 3 rings (SSSR count). The van der Waals surface area contributed by atoms with E-state index in [2.05, 4.69) is 20.4 Å². The van der Waals surface area contributed by atoms with Crippen molar-refractivity contribution >= 4 is 0 Å². The fourth-order valence-electron chi connectivity index (χ4n) is 2.45. The summed E-state index contributed by atoms with van der Waals surface area (Å²) in [6, 6.07) is 2.39. The highest BCUT2D eigenvalue weighted by Crippen LogP contribution is 2.17. The molecule has 2 aromatic heterocycles. The predicted octanol–water partition coefficient (Wildman–Crippen LogP) is 1.51. The second-order valence-electron chi connectivity index (χ2n) is 4.89. The van der Waals surface area contributed by atoms with Gasteiger partial charge >= 0.3 is 0 Å². The molecule has 0 amide bonds. The van der Waals surface area contributed by atoms with Crippen molar-refractivity contribution in [2.45, 2.75) is 25.4 Å². The highest BCUT2D eigenvalue weighted by Gasteiger charge is 2.20. The van der Waals surface area contributed by atoms with Gasteiger partial charge in [0.2, 0.25) is 11.7 Å². The van der Waals surface area contributed by atoms with E-state index in [4.69, 9.17) is 8.94 Å². The average Bonchev–Trinajstić information content (AvgIpc) is 3.09. The van der Waals surface area contributed by atoms with E-state index in [1.54, 1.807) is 12.5 Å². The van der Waals surface area contributed by atoms with Gasteiger partial charge in [-0.3, -0.25) is 4.90 Å². The van der Waals surface area contributed by atoms with Gasteiger partial charge in [-0.1, -0.05) is 5.16 Å². The molecule has 3 heterocycles. The number of rotatable bonds is 4. The van der Waals surface area contributed by atoms with Crippen LogP contribution < -0.4 is 5.32 Å². The fraction of sp³-hybridized carbons (Fsp3) is 0.538. The zero-order chi connectivity index (χ0) is 13.1. The van der Waals surface area contributed by atoms with Crippen LogP contribution in [0.25, 0.3) is 11.4 Å². The molecular weight excluding hydrogens is 244 g/mol. The molecule has 1 fully saturated rings. The molecule has 102 valence electrons. The molecule has 0 saturated carbocycles. The Morgan fingerprint density at radius 1 is 1.53 bits per heavy atom. The first kappa shape index (κ1) is 12.4. The molecule has 1 saturated heterocycles. The molecule has 19 heavy (non-hydrogen) atoms. The Hall–Kier alpha value is -1.66. The Kier molecular flexibility index (Phi) is 3.61. The van der Waals surface area contributed by atoms with Gasteiger partial charge in [0.25, 0.3) is 0 Å². The lowest BCUT2D eigenvalue weighted by Gasteiger charge is -2.31. The van der Waals surface area contributed by atoms with Gasteiger partial charge in [0.15, 0.2) is 0 Å². The van der Waals surface area contributed by atoms with Gasteiger partial charge in [0, 0.05) is 12.6 Å². The Balaban J connectivity index is 1.64. The van der Waals surface area contributed by atoms with Crippen molar-refractivity contribution in [3.05, 3.63) is 24.5 Å². The molecule has 0 radical (unpaired) electrons. The van der Waals surface area contributed by atoms with E-state index in [-0.39, 0.29) is 0 Å². The van der Waals surface area contributed by atoms with Crippen LogP contribution in [-0.4, -0.2) is 41.2 Å². The molecule has 1 unspecified atom stereocenters. The number of likely N-dealkylation sites (tertiary alicyclic amines) is 1. The lowest BCUT2D eigenvalue weighted by molar-refractivity contribution is 0.167. The summed E-state index contributed by atoms with van der Waals surface area (Å²) in [7, 11) is 2.01. The molecule has 1 aliphatic rings. The van der Waals surface area contributed by atoms with Gasteiger partial charge in [0.1, 0.15) is 6.26 Å². The summed E-state index contributed by atoms with van der Waals surface area (Å²) in [5, 5.41) is 7.30. The Bertz CT molecular complexity index is 508. The van der Waals surface area contributed by atoms with Crippen molar-refractivity contribution in [2.24, 2.45) is 0 Å². The monoisotopic (exact) mass is 262 g/mol. The number of hydrogen-bond acceptors (Lipinski definition) is 6. The number of nitrogens with zero attached hydrogens (tertiary/aromatic N) is 3. The van der Waals surface area contributed by atoms with Gasteiger partial charge < -0.3 is 14.3 Å². The maximum absolute atomic E-state index is 5.30. The molecular formula is C13H18N4O2. The summed E-state index contributed by atoms with van der Waals surface area (Å²) in [5.74, 6) is 1.25. The highest BCUT2D eigenvalue weighted by molar-refractivity contribution is 5.51. The molecule has 0 aromatic carbocycles. The van der Waals surface area contributed by atoms with Crippen LogP contribution in [0.2, 0.25) is 0 Å². The normalized spacial score (nSPS) is 20.8. The SMILES string of the molecule is CNC1CCCN(Cc2nc(-c3ccoc3)no2)C1. The van der Waals surface area contributed by atoms with E-state index >= 15 is 0 Å². The first-order valence-electron chi connectivity index (χ1n) is 6.60. The maximum atomic E-state index is 5.30. The van der Waals surface area contributed by atoms with E-state index in [0.717, 1.165) is 18.7 Å². The Labute approximate surface area is 111 Å². The van der Waals surface area contributed by atoms with Crippen LogP contribution in [0.5, 0.6) is 0 Å². The number of furan rings is 1. The minimum absolute atomic E-state index is 0.560. The summed E-state index contributed by atoms with van der Waals surface area (Å²) < 4.78 is 10.3. The lowest BCUT2D eigenvalue weighted by Crippen LogP contribution is -2.43.